The van der Waals surface area contributed by atoms with Gasteiger partial charge in [-0.1, -0.05) is 51.7 Å². The van der Waals surface area contributed by atoms with E-state index in [0.29, 0.717) is 12.2 Å². The van der Waals surface area contributed by atoms with Crippen molar-refractivity contribution >= 4 is 26.6 Å². The Morgan fingerprint density at radius 3 is 2.50 bits per heavy atom. The number of hydrogen-bond acceptors (Lipinski definition) is 2. The molecule has 0 unspecified atom stereocenters. The summed E-state index contributed by atoms with van der Waals surface area (Å²) in [6, 6.07) is 1.33. The molecule has 0 rings (SSSR count). The van der Waals surface area contributed by atoms with E-state index in [1.165, 1.54) is 31.7 Å². The Hall–Kier alpha value is 0.0369. The molecule has 4 heteroatoms. The lowest BCUT2D eigenvalue weighted by molar-refractivity contribution is -0.120. The highest BCUT2D eigenvalue weighted by Gasteiger charge is 2.20. The summed E-state index contributed by atoms with van der Waals surface area (Å²) < 4.78 is 0. The molecule has 0 aromatic carbocycles. The van der Waals surface area contributed by atoms with Crippen LogP contribution in [0.2, 0.25) is 19.1 Å². The van der Waals surface area contributed by atoms with E-state index in [1.54, 1.807) is 0 Å². The molecule has 0 spiro atoms. The summed E-state index contributed by atoms with van der Waals surface area (Å²) in [7, 11) is -1.20. The molecule has 2 nitrogen and oxygen atoms in total. The summed E-state index contributed by atoms with van der Waals surface area (Å²) in [6.45, 7) is 6.96. The van der Waals surface area contributed by atoms with Gasteiger partial charge in [0.25, 0.3) is 0 Å². The first-order valence-corrected chi connectivity index (χ1v) is 10.4. The molecule has 0 atom stereocenters. The van der Waals surface area contributed by atoms with Crippen LogP contribution in [0.4, 0.5) is 0 Å². The van der Waals surface area contributed by atoms with Gasteiger partial charge in [-0.15, -0.1) is 0 Å². The Kier molecular flexibility index (Phi) is 9.13. The number of thiol groups is 1. The highest BCUT2D eigenvalue weighted by molar-refractivity contribution is 7.80. The molecular formula is C12H27NOSSi. The lowest BCUT2D eigenvalue weighted by atomic mass is 10.2. The number of carbonyl (C=O) groups excluding carboxylic acids is 1. The molecule has 0 aliphatic rings. The third-order valence-corrected chi connectivity index (χ3v) is 5.87. The van der Waals surface area contributed by atoms with E-state index in [-0.39, 0.29) is 5.91 Å². The SMILES string of the molecule is CCCCCC[Si](C)(C)CNC(=O)CCS. The molecule has 0 aromatic heterocycles. The lowest BCUT2D eigenvalue weighted by Gasteiger charge is -2.22. The zero-order valence-corrected chi connectivity index (χ0v) is 12.9. The number of hydrogen-bond donors (Lipinski definition) is 2. The maximum Gasteiger partial charge on any atom is 0.220 e. The maximum absolute atomic E-state index is 11.3. The smallest absolute Gasteiger partial charge is 0.220 e. The summed E-state index contributed by atoms with van der Waals surface area (Å²) >= 11 is 4.06. The van der Waals surface area contributed by atoms with Gasteiger partial charge >= 0.3 is 0 Å². The van der Waals surface area contributed by atoms with Gasteiger partial charge in [0.05, 0.1) is 8.07 Å². The van der Waals surface area contributed by atoms with Crippen LogP contribution in [-0.2, 0) is 4.79 Å². The second kappa shape index (κ2) is 9.11. The van der Waals surface area contributed by atoms with E-state index in [1.807, 2.05) is 0 Å². The molecule has 0 fully saturated rings. The predicted molar refractivity (Wildman–Crippen MR) is 77.9 cm³/mol. The predicted octanol–water partition coefficient (Wildman–Crippen LogP) is 3.25. The average Bonchev–Trinajstić information content (AvgIpc) is 2.22. The second-order valence-corrected chi connectivity index (χ2v) is 10.9. The molecule has 0 aliphatic heterocycles. The van der Waals surface area contributed by atoms with Gasteiger partial charge in [0, 0.05) is 12.6 Å². The van der Waals surface area contributed by atoms with Crippen LogP contribution in [0.3, 0.4) is 0 Å². The minimum absolute atomic E-state index is 0.157. The third-order valence-electron chi connectivity index (χ3n) is 2.81. The molecule has 0 heterocycles. The minimum atomic E-state index is -1.20. The summed E-state index contributed by atoms with van der Waals surface area (Å²) in [5, 5.41) is 3.04. The Morgan fingerprint density at radius 1 is 1.25 bits per heavy atom. The van der Waals surface area contributed by atoms with Gasteiger partial charge in [0.1, 0.15) is 0 Å². The number of rotatable bonds is 9. The molecule has 0 radical (unpaired) electrons. The Bertz CT molecular complexity index is 197. The molecule has 0 saturated heterocycles. The third kappa shape index (κ3) is 9.28. The Morgan fingerprint density at radius 2 is 1.94 bits per heavy atom. The average molecular weight is 262 g/mol. The molecule has 96 valence electrons. The molecule has 16 heavy (non-hydrogen) atoms. The van der Waals surface area contributed by atoms with Crippen LogP contribution in [0.1, 0.15) is 39.0 Å². The molecular weight excluding hydrogens is 234 g/mol. The van der Waals surface area contributed by atoms with Crippen LogP contribution in [-0.4, -0.2) is 25.9 Å². The van der Waals surface area contributed by atoms with Crippen molar-refractivity contribution in [1.82, 2.24) is 5.32 Å². The Balaban J connectivity index is 3.64. The molecule has 1 amide bonds. The summed E-state index contributed by atoms with van der Waals surface area (Å²) in [6.07, 6.45) is 6.78. The number of nitrogens with one attached hydrogen (secondary N) is 1. The quantitative estimate of drug-likeness (QED) is 0.372. The van der Waals surface area contributed by atoms with Crippen molar-refractivity contribution in [2.24, 2.45) is 0 Å². The molecule has 0 saturated carbocycles. The van der Waals surface area contributed by atoms with Crippen molar-refractivity contribution in [1.29, 1.82) is 0 Å². The van der Waals surface area contributed by atoms with Crippen LogP contribution >= 0.6 is 12.6 Å². The first-order valence-electron chi connectivity index (χ1n) is 6.39. The van der Waals surface area contributed by atoms with Crippen molar-refractivity contribution in [3.63, 3.8) is 0 Å². The zero-order chi connectivity index (χ0) is 12.4. The summed E-state index contributed by atoms with van der Waals surface area (Å²) in [4.78, 5) is 11.3. The van der Waals surface area contributed by atoms with Gasteiger partial charge in [-0.25, -0.2) is 0 Å². The van der Waals surface area contributed by atoms with Crippen molar-refractivity contribution in [2.75, 3.05) is 11.9 Å². The lowest BCUT2D eigenvalue weighted by Crippen LogP contribution is -2.42. The van der Waals surface area contributed by atoms with Gasteiger partial charge in [-0.05, 0) is 5.75 Å². The zero-order valence-electron chi connectivity index (χ0n) is 11.0. The van der Waals surface area contributed by atoms with Crippen LogP contribution in [0.25, 0.3) is 0 Å². The van der Waals surface area contributed by atoms with E-state index >= 15 is 0 Å². The highest BCUT2D eigenvalue weighted by Crippen LogP contribution is 2.14. The first kappa shape index (κ1) is 16.0. The largest absolute Gasteiger partial charge is 0.359 e. The van der Waals surface area contributed by atoms with Crippen molar-refractivity contribution in [2.45, 2.75) is 58.2 Å². The normalized spacial score (nSPS) is 11.5. The standard InChI is InChI=1S/C12H27NOSSi/c1-4-5-6-7-10-16(2,3)11-13-12(14)8-9-15/h15H,4-11H2,1-3H3,(H,13,14). The highest BCUT2D eigenvalue weighted by atomic mass is 32.1. The van der Waals surface area contributed by atoms with E-state index in [2.05, 4.69) is 38.0 Å². The van der Waals surface area contributed by atoms with Gasteiger partial charge in [-0.2, -0.15) is 12.6 Å². The molecule has 0 bridgehead atoms. The fraction of sp³-hybridized carbons (Fsp3) is 0.917. The fourth-order valence-electron chi connectivity index (χ4n) is 1.65. The Labute approximate surface area is 107 Å². The van der Waals surface area contributed by atoms with Crippen molar-refractivity contribution < 1.29 is 4.79 Å². The number of amides is 1. The second-order valence-electron chi connectivity index (χ2n) is 5.23. The summed E-state index contributed by atoms with van der Waals surface area (Å²) in [5.41, 5.74) is 0. The monoisotopic (exact) mass is 261 g/mol. The van der Waals surface area contributed by atoms with E-state index < -0.39 is 8.07 Å². The maximum atomic E-state index is 11.3. The van der Waals surface area contributed by atoms with Gasteiger partial charge in [-0.3, -0.25) is 4.79 Å². The first-order chi connectivity index (χ1) is 7.52. The molecule has 0 aliphatic carbocycles. The van der Waals surface area contributed by atoms with Gasteiger partial charge in [0.15, 0.2) is 0 Å². The fourth-order valence-corrected chi connectivity index (χ4v) is 3.91. The van der Waals surface area contributed by atoms with E-state index in [9.17, 15) is 4.79 Å². The molecule has 0 aromatic rings. The van der Waals surface area contributed by atoms with Crippen LogP contribution in [0.5, 0.6) is 0 Å². The number of carbonyl (C=O) groups is 1. The molecule has 1 N–H and O–H groups in total. The van der Waals surface area contributed by atoms with Crippen molar-refractivity contribution in [3.05, 3.63) is 0 Å². The van der Waals surface area contributed by atoms with Crippen LogP contribution in [0, 0.1) is 0 Å². The van der Waals surface area contributed by atoms with Crippen molar-refractivity contribution in [3.8, 4) is 0 Å². The van der Waals surface area contributed by atoms with E-state index in [0.717, 1.165) is 6.17 Å². The number of unbranched alkanes of at least 4 members (excludes halogenated alkanes) is 3. The van der Waals surface area contributed by atoms with Gasteiger partial charge < -0.3 is 5.32 Å². The van der Waals surface area contributed by atoms with Crippen LogP contribution in [0.15, 0.2) is 0 Å². The minimum Gasteiger partial charge on any atom is -0.359 e. The van der Waals surface area contributed by atoms with Gasteiger partial charge in [0.2, 0.25) is 5.91 Å². The van der Waals surface area contributed by atoms with Crippen LogP contribution < -0.4 is 5.32 Å². The summed E-state index contributed by atoms with van der Waals surface area (Å²) in [5.74, 6) is 0.800. The van der Waals surface area contributed by atoms with E-state index in [4.69, 9.17) is 0 Å². The topological polar surface area (TPSA) is 29.1 Å².